The van der Waals surface area contributed by atoms with Crippen LogP contribution < -0.4 is 5.73 Å². The summed E-state index contributed by atoms with van der Waals surface area (Å²) >= 11 is 0. The number of ether oxygens (including phenoxy) is 1. The van der Waals surface area contributed by atoms with Gasteiger partial charge in [0, 0.05) is 13.2 Å². The Morgan fingerprint density at radius 3 is 2.78 bits per heavy atom. The van der Waals surface area contributed by atoms with E-state index in [4.69, 9.17) is 10.5 Å². The molecule has 1 aliphatic carbocycles. The van der Waals surface area contributed by atoms with Gasteiger partial charge in [0.25, 0.3) is 0 Å². The van der Waals surface area contributed by atoms with E-state index >= 15 is 0 Å². The Bertz CT molecular complexity index is 457. The average molecular weight is 318 g/mol. The SMILES string of the molecule is CCCCCOCC1CCc2cc(C(CN)CCC)ccc2C1. The third-order valence-electron chi connectivity index (χ3n) is 5.20. The Balaban J connectivity index is 1.87. The first kappa shape index (κ1) is 18.5. The quantitative estimate of drug-likeness (QED) is 0.627. The van der Waals surface area contributed by atoms with Crippen LogP contribution in [-0.2, 0) is 17.6 Å². The Labute approximate surface area is 142 Å². The molecular formula is C21H35NO. The molecule has 2 heteroatoms. The van der Waals surface area contributed by atoms with E-state index in [2.05, 4.69) is 32.0 Å². The summed E-state index contributed by atoms with van der Waals surface area (Å²) in [6, 6.07) is 7.10. The van der Waals surface area contributed by atoms with Crippen LogP contribution >= 0.6 is 0 Å². The normalized spacial score (nSPS) is 18.7. The topological polar surface area (TPSA) is 35.2 Å². The predicted molar refractivity (Wildman–Crippen MR) is 99.0 cm³/mol. The molecule has 2 rings (SSSR count). The zero-order chi connectivity index (χ0) is 16.5. The molecule has 2 atom stereocenters. The van der Waals surface area contributed by atoms with Crippen molar-refractivity contribution in [1.82, 2.24) is 0 Å². The van der Waals surface area contributed by atoms with Gasteiger partial charge in [-0.2, -0.15) is 0 Å². The molecule has 2 nitrogen and oxygen atoms in total. The molecule has 0 spiro atoms. The fourth-order valence-electron chi connectivity index (χ4n) is 3.72. The zero-order valence-corrected chi connectivity index (χ0v) is 15.2. The van der Waals surface area contributed by atoms with Crippen LogP contribution in [0.5, 0.6) is 0 Å². The molecule has 2 unspecified atom stereocenters. The Morgan fingerprint density at radius 2 is 2.04 bits per heavy atom. The fraction of sp³-hybridized carbons (Fsp3) is 0.714. The molecule has 2 N–H and O–H groups in total. The van der Waals surface area contributed by atoms with Gasteiger partial charge < -0.3 is 10.5 Å². The molecule has 0 fully saturated rings. The zero-order valence-electron chi connectivity index (χ0n) is 15.2. The molecule has 0 aliphatic heterocycles. The second-order valence-corrected chi connectivity index (χ2v) is 7.14. The van der Waals surface area contributed by atoms with Crippen molar-refractivity contribution in [3.05, 3.63) is 34.9 Å². The summed E-state index contributed by atoms with van der Waals surface area (Å²) in [7, 11) is 0. The van der Waals surface area contributed by atoms with Crippen LogP contribution in [0.25, 0.3) is 0 Å². The van der Waals surface area contributed by atoms with E-state index in [0.717, 1.165) is 19.8 Å². The molecule has 0 amide bonds. The number of unbranched alkanes of at least 4 members (excludes halogenated alkanes) is 2. The molecule has 0 saturated heterocycles. The van der Waals surface area contributed by atoms with Gasteiger partial charge in [-0.3, -0.25) is 0 Å². The number of aryl methyl sites for hydroxylation is 1. The van der Waals surface area contributed by atoms with Gasteiger partial charge in [0.05, 0.1) is 0 Å². The van der Waals surface area contributed by atoms with Gasteiger partial charge in [0.1, 0.15) is 0 Å². The minimum absolute atomic E-state index is 0.532. The first-order valence-electron chi connectivity index (χ1n) is 9.67. The van der Waals surface area contributed by atoms with Crippen molar-refractivity contribution >= 4 is 0 Å². The molecule has 0 saturated carbocycles. The van der Waals surface area contributed by atoms with Gasteiger partial charge in [0.2, 0.25) is 0 Å². The van der Waals surface area contributed by atoms with Crippen LogP contribution in [0.3, 0.4) is 0 Å². The van der Waals surface area contributed by atoms with Crippen molar-refractivity contribution in [2.45, 2.75) is 71.1 Å². The summed E-state index contributed by atoms with van der Waals surface area (Å²) in [5.41, 5.74) is 10.5. The van der Waals surface area contributed by atoms with Crippen molar-refractivity contribution < 1.29 is 4.74 Å². The highest BCUT2D eigenvalue weighted by Crippen LogP contribution is 2.30. The van der Waals surface area contributed by atoms with Crippen LogP contribution in [0.2, 0.25) is 0 Å². The summed E-state index contributed by atoms with van der Waals surface area (Å²) in [4.78, 5) is 0. The molecule has 130 valence electrons. The third-order valence-corrected chi connectivity index (χ3v) is 5.20. The lowest BCUT2D eigenvalue weighted by molar-refractivity contribution is 0.0914. The molecule has 1 aromatic rings. The predicted octanol–water partition coefficient (Wildman–Crippen LogP) is 4.84. The summed E-state index contributed by atoms with van der Waals surface area (Å²) in [6.07, 6.45) is 9.83. The molecule has 0 heterocycles. The molecule has 0 radical (unpaired) electrons. The van der Waals surface area contributed by atoms with E-state index in [1.54, 1.807) is 5.56 Å². The molecule has 1 aliphatic rings. The largest absolute Gasteiger partial charge is 0.381 e. The second-order valence-electron chi connectivity index (χ2n) is 7.14. The molecule has 23 heavy (non-hydrogen) atoms. The maximum absolute atomic E-state index is 5.96. The van der Waals surface area contributed by atoms with Crippen molar-refractivity contribution in [2.24, 2.45) is 11.7 Å². The van der Waals surface area contributed by atoms with E-state index in [0.29, 0.717) is 11.8 Å². The maximum atomic E-state index is 5.96. The van der Waals surface area contributed by atoms with Crippen molar-refractivity contribution in [3.8, 4) is 0 Å². The van der Waals surface area contributed by atoms with E-state index in [1.807, 2.05) is 0 Å². The van der Waals surface area contributed by atoms with E-state index < -0.39 is 0 Å². The van der Waals surface area contributed by atoms with E-state index in [-0.39, 0.29) is 0 Å². The highest BCUT2D eigenvalue weighted by molar-refractivity contribution is 5.36. The fourth-order valence-corrected chi connectivity index (χ4v) is 3.72. The first-order valence-corrected chi connectivity index (χ1v) is 9.67. The monoisotopic (exact) mass is 317 g/mol. The van der Waals surface area contributed by atoms with Crippen LogP contribution in [0.15, 0.2) is 18.2 Å². The van der Waals surface area contributed by atoms with Gasteiger partial charge >= 0.3 is 0 Å². The Morgan fingerprint density at radius 1 is 1.17 bits per heavy atom. The van der Waals surface area contributed by atoms with Gasteiger partial charge in [-0.1, -0.05) is 51.3 Å². The minimum atomic E-state index is 0.532. The minimum Gasteiger partial charge on any atom is -0.381 e. The third kappa shape index (κ3) is 5.61. The van der Waals surface area contributed by atoms with Crippen molar-refractivity contribution in [3.63, 3.8) is 0 Å². The number of fused-ring (bicyclic) bond motifs is 1. The molecule has 0 aromatic heterocycles. The van der Waals surface area contributed by atoms with Gasteiger partial charge in [0.15, 0.2) is 0 Å². The summed E-state index contributed by atoms with van der Waals surface area (Å²) in [5.74, 6) is 1.24. The molecular weight excluding hydrogens is 282 g/mol. The van der Waals surface area contributed by atoms with Gasteiger partial charge in [-0.25, -0.2) is 0 Å². The number of hydrogen-bond donors (Lipinski definition) is 1. The van der Waals surface area contributed by atoms with Crippen molar-refractivity contribution in [1.29, 1.82) is 0 Å². The standard InChI is InChI=1S/C21H35NO/c1-3-5-6-12-23-16-17-8-9-19-14-20(11-10-18(19)13-17)21(15-22)7-4-2/h10-11,14,17,21H,3-9,12-13,15-16,22H2,1-2H3. The van der Waals surface area contributed by atoms with Crippen LogP contribution in [0.4, 0.5) is 0 Å². The second kappa shape index (κ2) is 10.1. The van der Waals surface area contributed by atoms with E-state index in [1.165, 1.54) is 62.5 Å². The number of rotatable bonds is 10. The smallest absolute Gasteiger partial charge is 0.0497 e. The number of benzene rings is 1. The Hall–Kier alpha value is -0.860. The summed E-state index contributed by atoms with van der Waals surface area (Å²) < 4.78 is 5.88. The highest BCUT2D eigenvalue weighted by Gasteiger charge is 2.20. The lowest BCUT2D eigenvalue weighted by atomic mass is 9.82. The van der Waals surface area contributed by atoms with Crippen molar-refractivity contribution in [2.75, 3.05) is 19.8 Å². The molecule has 0 bridgehead atoms. The summed E-state index contributed by atoms with van der Waals surface area (Å²) in [6.45, 7) is 7.12. The molecule has 1 aromatic carbocycles. The number of hydrogen-bond acceptors (Lipinski definition) is 2. The van der Waals surface area contributed by atoms with Gasteiger partial charge in [-0.05, 0) is 67.2 Å². The first-order chi connectivity index (χ1) is 11.3. The van der Waals surface area contributed by atoms with Crippen LogP contribution in [0.1, 0.15) is 75.0 Å². The van der Waals surface area contributed by atoms with Crippen LogP contribution in [-0.4, -0.2) is 19.8 Å². The summed E-state index contributed by atoms with van der Waals surface area (Å²) in [5, 5.41) is 0. The van der Waals surface area contributed by atoms with Crippen LogP contribution in [0, 0.1) is 5.92 Å². The maximum Gasteiger partial charge on any atom is 0.0497 e. The van der Waals surface area contributed by atoms with E-state index in [9.17, 15) is 0 Å². The lowest BCUT2D eigenvalue weighted by Crippen LogP contribution is -2.20. The lowest BCUT2D eigenvalue weighted by Gasteiger charge is -2.26. The highest BCUT2D eigenvalue weighted by atomic mass is 16.5. The average Bonchev–Trinajstić information content (AvgIpc) is 2.59. The number of nitrogens with two attached hydrogens (primary N) is 1. The Kier molecular flexibility index (Phi) is 8.11. The van der Waals surface area contributed by atoms with Gasteiger partial charge in [-0.15, -0.1) is 0 Å².